The molecule has 0 aliphatic heterocycles. The van der Waals surface area contributed by atoms with Crippen molar-refractivity contribution < 1.29 is 4.79 Å². The summed E-state index contributed by atoms with van der Waals surface area (Å²) in [7, 11) is 4.10. The van der Waals surface area contributed by atoms with E-state index in [0.717, 1.165) is 31.5 Å². The van der Waals surface area contributed by atoms with E-state index in [2.05, 4.69) is 42.3 Å². The summed E-state index contributed by atoms with van der Waals surface area (Å²) in [5.41, 5.74) is 2.46. The van der Waals surface area contributed by atoms with Crippen molar-refractivity contribution in [3.63, 3.8) is 0 Å². The quantitative estimate of drug-likeness (QED) is 0.742. The fraction of sp³-hybridized carbons (Fsp3) is 0.611. The standard InChI is InChI=1S/C18H30N2O.ClH/c1-14(2)13-16-9-6-7-10-17(16)15(3)18(21)19-11-8-12-20(4)5;/h6-7,9-10,14-15H,8,11-13H2,1-5H3,(H,19,21);1H. The lowest BCUT2D eigenvalue weighted by Crippen LogP contribution is -2.31. The summed E-state index contributed by atoms with van der Waals surface area (Å²) < 4.78 is 0. The molecule has 0 aromatic heterocycles. The first-order valence-electron chi connectivity index (χ1n) is 7.92. The molecular formula is C18H31ClN2O. The second kappa shape index (κ2) is 10.6. The summed E-state index contributed by atoms with van der Waals surface area (Å²) in [6, 6.07) is 8.31. The number of rotatable bonds is 8. The molecule has 0 radical (unpaired) electrons. The van der Waals surface area contributed by atoms with Gasteiger partial charge in [0.1, 0.15) is 0 Å². The first kappa shape index (κ1) is 20.9. The molecule has 1 aromatic rings. The van der Waals surface area contributed by atoms with Crippen molar-refractivity contribution in [1.29, 1.82) is 0 Å². The van der Waals surface area contributed by atoms with Gasteiger partial charge in [-0.05, 0) is 57.5 Å². The number of nitrogens with zero attached hydrogens (tertiary/aromatic N) is 1. The smallest absolute Gasteiger partial charge is 0.227 e. The highest BCUT2D eigenvalue weighted by Gasteiger charge is 2.18. The molecule has 0 saturated carbocycles. The van der Waals surface area contributed by atoms with Gasteiger partial charge in [-0.25, -0.2) is 0 Å². The Morgan fingerprint density at radius 1 is 1.18 bits per heavy atom. The van der Waals surface area contributed by atoms with Crippen LogP contribution in [-0.2, 0) is 11.2 Å². The van der Waals surface area contributed by atoms with Gasteiger partial charge in [0.25, 0.3) is 0 Å². The number of benzene rings is 1. The topological polar surface area (TPSA) is 32.3 Å². The first-order chi connectivity index (χ1) is 9.91. The lowest BCUT2D eigenvalue weighted by atomic mass is 9.90. The number of hydrogen-bond acceptors (Lipinski definition) is 2. The van der Waals surface area contributed by atoms with Crippen molar-refractivity contribution in [3.05, 3.63) is 35.4 Å². The van der Waals surface area contributed by atoms with Crippen molar-refractivity contribution >= 4 is 18.3 Å². The van der Waals surface area contributed by atoms with E-state index in [0.29, 0.717) is 5.92 Å². The van der Waals surface area contributed by atoms with Crippen LogP contribution in [0.15, 0.2) is 24.3 Å². The zero-order valence-corrected chi connectivity index (χ0v) is 15.4. The van der Waals surface area contributed by atoms with Gasteiger partial charge < -0.3 is 10.2 Å². The Morgan fingerprint density at radius 2 is 1.82 bits per heavy atom. The van der Waals surface area contributed by atoms with Crippen LogP contribution in [-0.4, -0.2) is 38.0 Å². The molecule has 3 nitrogen and oxygen atoms in total. The molecule has 4 heteroatoms. The first-order valence-corrected chi connectivity index (χ1v) is 7.92. The van der Waals surface area contributed by atoms with Crippen molar-refractivity contribution in [2.75, 3.05) is 27.2 Å². The average Bonchev–Trinajstić information content (AvgIpc) is 2.42. The van der Waals surface area contributed by atoms with E-state index < -0.39 is 0 Å². The Bertz CT molecular complexity index is 446. The maximum Gasteiger partial charge on any atom is 0.227 e. The third-order valence-corrected chi connectivity index (χ3v) is 3.62. The molecule has 126 valence electrons. The zero-order valence-electron chi connectivity index (χ0n) is 14.6. The molecule has 1 amide bonds. The minimum absolute atomic E-state index is 0. The molecule has 0 fully saturated rings. The number of amides is 1. The minimum atomic E-state index is -0.0840. The van der Waals surface area contributed by atoms with Gasteiger partial charge in [0.15, 0.2) is 0 Å². The molecule has 1 rings (SSSR count). The largest absolute Gasteiger partial charge is 0.356 e. The third-order valence-electron chi connectivity index (χ3n) is 3.62. The Morgan fingerprint density at radius 3 is 2.41 bits per heavy atom. The number of hydrogen-bond donors (Lipinski definition) is 1. The van der Waals surface area contributed by atoms with Crippen molar-refractivity contribution in [1.82, 2.24) is 10.2 Å². The molecule has 0 aliphatic rings. The molecule has 0 bridgehead atoms. The van der Waals surface area contributed by atoms with Crippen molar-refractivity contribution in [3.8, 4) is 0 Å². The summed E-state index contributed by atoms with van der Waals surface area (Å²) in [5.74, 6) is 0.644. The van der Waals surface area contributed by atoms with Gasteiger partial charge in [0.2, 0.25) is 5.91 Å². The van der Waals surface area contributed by atoms with Gasteiger partial charge in [-0.3, -0.25) is 4.79 Å². The Hall–Kier alpha value is -1.06. The van der Waals surface area contributed by atoms with E-state index in [9.17, 15) is 4.79 Å². The summed E-state index contributed by atoms with van der Waals surface area (Å²) >= 11 is 0. The second-order valence-corrected chi connectivity index (χ2v) is 6.47. The van der Waals surface area contributed by atoms with E-state index in [1.54, 1.807) is 0 Å². The monoisotopic (exact) mass is 326 g/mol. The van der Waals surface area contributed by atoms with E-state index >= 15 is 0 Å². The van der Waals surface area contributed by atoms with Crippen LogP contribution in [0, 0.1) is 5.92 Å². The van der Waals surface area contributed by atoms with Gasteiger partial charge in [0, 0.05) is 6.54 Å². The predicted octanol–water partition coefficient (Wildman–Crippen LogP) is 3.48. The van der Waals surface area contributed by atoms with Crippen LogP contribution in [0.4, 0.5) is 0 Å². The van der Waals surface area contributed by atoms with Crippen molar-refractivity contribution in [2.45, 2.75) is 39.5 Å². The molecular weight excluding hydrogens is 296 g/mol. The number of carbonyl (C=O) groups excluding carboxylic acids is 1. The van der Waals surface area contributed by atoms with Crippen LogP contribution in [0.25, 0.3) is 0 Å². The van der Waals surface area contributed by atoms with Crippen LogP contribution in [0.3, 0.4) is 0 Å². The molecule has 0 spiro atoms. The second-order valence-electron chi connectivity index (χ2n) is 6.47. The van der Waals surface area contributed by atoms with E-state index in [1.165, 1.54) is 5.56 Å². The molecule has 22 heavy (non-hydrogen) atoms. The SMILES string of the molecule is CC(C)Cc1ccccc1C(C)C(=O)NCCCN(C)C.Cl. The highest BCUT2D eigenvalue weighted by Crippen LogP contribution is 2.22. The van der Waals surface area contributed by atoms with Crippen LogP contribution in [0.5, 0.6) is 0 Å². The average molecular weight is 327 g/mol. The normalized spacial score (nSPS) is 12.1. The summed E-state index contributed by atoms with van der Waals surface area (Å²) in [6.07, 6.45) is 2.01. The highest BCUT2D eigenvalue weighted by molar-refractivity contribution is 5.85. The van der Waals surface area contributed by atoms with Gasteiger partial charge in [-0.2, -0.15) is 0 Å². The Kier molecular flexibility index (Phi) is 10.1. The van der Waals surface area contributed by atoms with Gasteiger partial charge in [-0.1, -0.05) is 38.1 Å². The van der Waals surface area contributed by atoms with Crippen LogP contribution in [0.2, 0.25) is 0 Å². The van der Waals surface area contributed by atoms with Crippen LogP contribution < -0.4 is 5.32 Å². The fourth-order valence-electron chi connectivity index (χ4n) is 2.48. The summed E-state index contributed by atoms with van der Waals surface area (Å²) in [6.45, 7) is 8.16. The molecule has 1 unspecified atom stereocenters. The zero-order chi connectivity index (χ0) is 15.8. The molecule has 0 aliphatic carbocycles. The predicted molar refractivity (Wildman–Crippen MR) is 96.8 cm³/mol. The van der Waals surface area contributed by atoms with Gasteiger partial charge >= 0.3 is 0 Å². The molecule has 0 saturated heterocycles. The van der Waals surface area contributed by atoms with Crippen LogP contribution in [0.1, 0.15) is 44.2 Å². The highest BCUT2D eigenvalue weighted by atomic mass is 35.5. The summed E-state index contributed by atoms with van der Waals surface area (Å²) in [4.78, 5) is 14.4. The molecule has 1 N–H and O–H groups in total. The maximum atomic E-state index is 12.3. The molecule has 0 heterocycles. The van der Waals surface area contributed by atoms with E-state index in [-0.39, 0.29) is 24.2 Å². The van der Waals surface area contributed by atoms with E-state index in [1.807, 2.05) is 27.1 Å². The fourth-order valence-corrected chi connectivity index (χ4v) is 2.48. The lowest BCUT2D eigenvalue weighted by molar-refractivity contribution is -0.122. The number of halogens is 1. The molecule has 1 aromatic carbocycles. The molecule has 1 atom stereocenters. The number of carbonyl (C=O) groups is 1. The Labute approximate surface area is 141 Å². The van der Waals surface area contributed by atoms with Crippen LogP contribution >= 0.6 is 12.4 Å². The maximum absolute atomic E-state index is 12.3. The Balaban J connectivity index is 0.00000441. The lowest BCUT2D eigenvalue weighted by Gasteiger charge is -2.18. The summed E-state index contributed by atoms with van der Waals surface area (Å²) in [5, 5.41) is 3.05. The van der Waals surface area contributed by atoms with E-state index in [4.69, 9.17) is 0 Å². The number of nitrogens with one attached hydrogen (secondary N) is 1. The third kappa shape index (κ3) is 7.28. The minimum Gasteiger partial charge on any atom is -0.356 e. The van der Waals surface area contributed by atoms with Crippen molar-refractivity contribution in [2.24, 2.45) is 5.92 Å². The van der Waals surface area contributed by atoms with Gasteiger partial charge in [-0.15, -0.1) is 12.4 Å². The van der Waals surface area contributed by atoms with Gasteiger partial charge in [0.05, 0.1) is 5.92 Å².